The van der Waals surface area contributed by atoms with Crippen molar-refractivity contribution in [3.05, 3.63) is 70.5 Å². The van der Waals surface area contributed by atoms with Gasteiger partial charge >= 0.3 is 0 Å². The van der Waals surface area contributed by atoms with Crippen molar-refractivity contribution in [1.82, 2.24) is 34.3 Å². The average Bonchev–Trinajstić information content (AvgIpc) is 3.29. The van der Waals surface area contributed by atoms with Gasteiger partial charge in [0.2, 0.25) is 0 Å². The smallest absolute Gasteiger partial charge is 0.166 e. The third-order valence-corrected chi connectivity index (χ3v) is 5.06. The van der Waals surface area contributed by atoms with E-state index < -0.39 is 0 Å². The topological polar surface area (TPSA) is 83.5 Å². The number of methoxy groups -OCH3 is 1. The standard InChI is InChI=1S/C21H16ClN7O/c1-13-8-24-15(9-23-13)4-5-17-19-10-28-20(11-30-2)26-27-21(28)16-7-14(22)3-6-18(16)29(19)12-25-17/h3,6-9,12H,10-11H2,1-2H3. The van der Waals surface area contributed by atoms with E-state index in [-0.39, 0.29) is 0 Å². The highest BCUT2D eigenvalue weighted by atomic mass is 35.5. The van der Waals surface area contributed by atoms with E-state index in [2.05, 4.69) is 37.0 Å². The first-order valence-electron chi connectivity index (χ1n) is 9.22. The molecule has 0 fully saturated rings. The van der Waals surface area contributed by atoms with Gasteiger partial charge in [0.15, 0.2) is 11.6 Å². The number of rotatable bonds is 2. The lowest BCUT2D eigenvalue weighted by molar-refractivity contribution is 0.174. The van der Waals surface area contributed by atoms with Gasteiger partial charge in [-0.1, -0.05) is 11.6 Å². The van der Waals surface area contributed by atoms with Crippen LogP contribution in [-0.4, -0.2) is 41.4 Å². The molecule has 5 rings (SSSR count). The van der Waals surface area contributed by atoms with Crippen LogP contribution in [0.3, 0.4) is 0 Å². The molecule has 4 heterocycles. The normalized spacial score (nSPS) is 11.7. The minimum atomic E-state index is 0.344. The first-order chi connectivity index (χ1) is 14.6. The molecule has 0 atom stereocenters. The molecule has 1 aliphatic rings. The fourth-order valence-electron chi connectivity index (χ4n) is 3.40. The Kier molecular flexibility index (Phi) is 4.54. The Morgan fingerprint density at radius 3 is 2.83 bits per heavy atom. The number of benzene rings is 1. The van der Waals surface area contributed by atoms with Crippen LogP contribution in [0.5, 0.6) is 0 Å². The summed E-state index contributed by atoms with van der Waals surface area (Å²) >= 11 is 6.28. The highest BCUT2D eigenvalue weighted by Crippen LogP contribution is 2.34. The Labute approximate surface area is 177 Å². The number of imidazole rings is 1. The molecule has 8 nitrogen and oxygen atoms in total. The second-order valence-corrected chi connectivity index (χ2v) is 7.26. The highest BCUT2D eigenvalue weighted by Gasteiger charge is 2.25. The largest absolute Gasteiger partial charge is 0.377 e. The van der Waals surface area contributed by atoms with Crippen LogP contribution in [0.25, 0.3) is 17.1 Å². The van der Waals surface area contributed by atoms with Crippen LogP contribution in [0.1, 0.15) is 28.6 Å². The van der Waals surface area contributed by atoms with Crippen LogP contribution in [0.2, 0.25) is 5.02 Å². The highest BCUT2D eigenvalue weighted by molar-refractivity contribution is 6.31. The van der Waals surface area contributed by atoms with Gasteiger partial charge in [-0.15, -0.1) is 10.2 Å². The number of ether oxygens (including phenoxy) is 1. The van der Waals surface area contributed by atoms with Gasteiger partial charge in [-0.25, -0.2) is 9.97 Å². The molecule has 0 aliphatic carbocycles. The molecule has 4 aromatic rings. The van der Waals surface area contributed by atoms with Crippen LogP contribution in [-0.2, 0) is 17.9 Å². The molecule has 0 bridgehead atoms. The van der Waals surface area contributed by atoms with Crippen molar-refractivity contribution in [2.45, 2.75) is 20.1 Å². The molecule has 30 heavy (non-hydrogen) atoms. The molecule has 148 valence electrons. The van der Waals surface area contributed by atoms with Crippen molar-refractivity contribution < 1.29 is 4.74 Å². The lowest BCUT2D eigenvalue weighted by Gasteiger charge is -2.08. The summed E-state index contributed by atoms with van der Waals surface area (Å²) in [5.41, 5.74) is 4.80. The first-order valence-corrected chi connectivity index (χ1v) is 9.60. The van der Waals surface area contributed by atoms with Crippen molar-refractivity contribution in [2.24, 2.45) is 0 Å². The number of hydrogen-bond acceptors (Lipinski definition) is 6. The van der Waals surface area contributed by atoms with Gasteiger partial charge in [-0.3, -0.25) is 9.55 Å². The SMILES string of the molecule is COCc1nnc2n1Cc1c(C#Cc3cnc(C)cn3)ncn1-c1ccc(Cl)cc1-2. The number of fused-ring (bicyclic) bond motifs is 5. The lowest BCUT2D eigenvalue weighted by Crippen LogP contribution is -2.09. The third-order valence-electron chi connectivity index (χ3n) is 4.82. The lowest BCUT2D eigenvalue weighted by atomic mass is 10.1. The Bertz CT molecular complexity index is 1310. The van der Waals surface area contributed by atoms with E-state index in [0.717, 1.165) is 34.3 Å². The van der Waals surface area contributed by atoms with Crippen molar-refractivity contribution in [3.8, 4) is 28.9 Å². The second-order valence-electron chi connectivity index (χ2n) is 6.82. The summed E-state index contributed by atoms with van der Waals surface area (Å²) in [5, 5.41) is 9.33. The van der Waals surface area contributed by atoms with Crippen LogP contribution in [0.15, 0.2) is 36.9 Å². The summed E-state index contributed by atoms with van der Waals surface area (Å²) < 4.78 is 9.33. The minimum absolute atomic E-state index is 0.344. The van der Waals surface area contributed by atoms with E-state index in [1.807, 2.05) is 34.3 Å². The fourth-order valence-corrected chi connectivity index (χ4v) is 3.57. The summed E-state index contributed by atoms with van der Waals surface area (Å²) in [4.78, 5) is 13.1. The molecule has 3 aromatic heterocycles. The molecule has 0 spiro atoms. The zero-order chi connectivity index (χ0) is 20.7. The van der Waals surface area contributed by atoms with Gasteiger partial charge < -0.3 is 9.30 Å². The average molecular weight is 418 g/mol. The maximum atomic E-state index is 6.28. The van der Waals surface area contributed by atoms with Gasteiger partial charge in [0.05, 0.1) is 29.8 Å². The van der Waals surface area contributed by atoms with Gasteiger partial charge in [0.1, 0.15) is 24.3 Å². The zero-order valence-corrected chi connectivity index (χ0v) is 17.1. The van der Waals surface area contributed by atoms with Crippen molar-refractivity contribution in [2.75, 3.05) is 7.11 Å². The summed E-state index contributed by atoms with van der Waals surface area (Å²) in [6.07, 6.45) is 5.11. The molecule has 0 unspecified atom stereocenters. The number of aromatic nitrogens is 7. The monoisotopic (exact) mass is 417 g/mol. The van der Waals surface area contributed by atoms with Gasteiger partial charge in [0, 0.05) is 23.9 Å². The van der Waals surface area contributed by atoms with Crippen molar-refractivity contribution in [1.29, 1.82) is 0 Å². The summed E-state index contributed by atoms with van der Waals surface area (Å²) in [7, 11) is 1.63. The molecule has 0 N–H and O–H groups in total. The summed E-state index contributed by atoms with van der Waals surface area (Å²) in [5.74, 6) is 7.63. The van der Waals surface area contributed by atoms with E-state index >= 15 is 0 Å². The number of hydrogen-bond donors (Lipinski definition) is 0. The summed E-state index contributed by atoms with van der Waals surface area (Å²) in [6.45, 7) is 2.73. The minimum Gasteiger partial charge on any atom is -0.377 e. The van der Waals surface area contributed by atoms with E-state index in [0.29, 0.717) is 29.6 Å². The Morgan fingerprint density at radius 1 is 1.13 bits per heavy atom. The number of nitrogens with zero attached hydrogens (tertiary/aromatic N) is 7. The van der Waals surface area contributed by atoms with Crippen molar-refractivity contribution in [3.63, 3.8) is 0 Å². The predicted molar refractivity (Wildman–Crippen MR) is 110 cm³/mol. The van der Waals surface area contributed by atoms with E-state index in [1.165, 1.54) is 0 Å². The first kappa shape index (κ1) is 18.5. The molecule has 1 aliphatic heterocycles. The maximum Gasteiger partial charge on any atom is 0.166 e. The Hall–Kier alpha value is -3.54. The second kappa shape index (κ2) is 7.37. The molecular formula is C21H16ClN7O. The fraction of sp³-hybridized carbons (Fsp3) is 0.190. The van der Waals surface area contributed by atoms with E-state index in [9.17, 15) is 0 Å². The summed E-state index contributed by atoms with van der Waals surface area (Å²) in [6, 6.07) is 5.68. The molecule has 1 aromatic carbocycles. The molecule has 0 saturated carbocycles. The molecule has 0 radical (unpaired) electrons. The molecule has 0 saturated heterocycles. The Balaban J connectivity index is 1.67. The van der Waals surface area contributed by atoms with Crippen LogP contribution >= 0.6 is 11.6 Å². The number of halogens is 1. The molecule has 0 amide bonds. The van der Waals surface area contributed by atoms with Gasteiger partial charge in [-0.05, 0) is 37.0 Å². The van der Waals surface area contributed by atoms with Gasteiger partial charge in [-0.2, -0.15) is 0 Å². The van der Waals surface area contributed by atoms with E-state index in [1.54, 1.807) is 25.8 Å². The van der Waals surface area contributed by atoms with Crippen LogP contribution < -0.4 is 0 Å². The van der Waals surface area contributed by atoms with E-state index in [4.69, 9.17) is 16.3 Å². The Morgan fingerprint density at radius 2 is 2.03 bits per heavy atom. The van der Waals surface area contributed by atoms with Crippen molar-refractivity contribution >= 4 is 11.6 Å². The van der Waals surface area contributed by atoms with Gasteiger partial charge in [0.25, 0.3) is 0 Å². The third kappa shape index (κ3) is 3.14. The number of aryl methyl sites for hydroxylation is 1. The molecular weight excluding hydrogens is 402 g/mol. The quantitative estimate of drug-likeness (QED) is 0.411. The van der Waals surface area contributed by atoms with Crippen LogP contribution in [0.4, 0.5) is 0 Å². The zero-order valence-electron chi connectivity index (χ0n) is 16.3. The maximum absolute atomic E-state index is 6.28. The van der Waals surface area contributed by atoms with Crippen LogP contribution in [0, 0.1) is 18.8 Å². The predicted octanol–water partition coefficient (Wildman–Crippen LogP) is 2.79. The molecule has 9 heteroatoms.